The summed E-state index contributed by atoms with van der Waals surface area (Å²) in [5.74, 6) is 0.668. The van der Waals surface area contributed by atoms with Crippen LogP contribution in [0.4, 0.5) is 0 Å². The maximum absolute atomic E-state index is 9.66. The van der Waals surface area contributed by atoms with E-state index in [1.807, 2.05) is 0 Å². The molecule has 2 heteroatoms. The standard InChI is InChI=1S/C11H23NO/c1-3-4-9(2)7-11(13)8-12-10-5-6-10/h9-13H,3-8H2,1-2H3. The van der Waals surface area contributed by atoms with Crippen molar-refractivity contribution in [1.82, 2.24) is 5.32 Å². The monoisotopic (exact) mass is 185 g/mol. The van der Waals surface area contributed by atoms with Gasteiger partial charge in [0.15, 0.2) is 0 Å². The van der Waals surface area contributed by atoms with Gasteiger partial charge in [0.05, 0.1) is 6.10 Å². The Kier molecular flexibility index (Phi) is 4.74. The lowest BCUT2D eigenvalue weighted by molar-refractivity contribution is 0.140. The van der Waals surface area contributed by atoms with E-state index in [1.165, 1.54) is 25.7 Å². The van der Waals surface area contributed by atoms with Crippen molar-refractivity contribution in [2.45, 2.75) is 58.1 Å². The first-order chi connectivity index (χ1) is 6.22. The molecule has 0 spiro atoms. The highest BCUT2D eigenvalue weighted by Gasteiger charge is 2.21. The van der Waals surface area contributed by atoms with Gasteiger partial charge in [-0.3, -0.25) is 0 Å². The molecule has 2 nitrogen and oxygen atoms in total. The van der Waals surface area contributed by atoms with E-state index in [0.717, 1.165) is 19.0 Å². The van der Waals surface area contributed by atoms with Gasteiger partial charge in [-0.1, -0.05) is 26.7 Å². The average Bonchev–Trinajstić information content (AvgIpc) is 2.84. The Balaban J connectivity index is 1.97. The Morgan fingerprint density at radius 3 is 2.69 bits per heavy atom. The van der Waals surface area contributed by atoms with Crippen molar-refractivity contribution < 1.29 is 5.11 Å². The lowest BCUT2D eigenvalue weighted by Gasteiger charge is -2.16. The summed E-state index contributed by atoms with van der Waals surface area (Å²) in [5.41, 5.74) is 0. The minimum atomic E-state index is -0.137. The van der Waals surface area contributed by atoms with E-state index in [9.17, 15) is 5.11 Å². The third kappa shape index (κ3) is 5.27. The van der Waals surface area contributed by atoms with Crippen LogP contribution in [0, 0.1) is 5.92 Å². The summed E-state index contributed by atoms with van der Waals surface area (Å²) >= 11 is 0. The van der Waals surface area contributed by atoms with Crippen LogP contribution in [0.2, 0.25) is 0 Å². The predicted octanol–water partition coefficient (Wildman–Crippen LogP) is 1.93. The molecular formula is C11H23NO. The molecule has 2 unspecified atom stereocenters. The fourth-order valence-electron chi connectivity index (χ4n) is 1.75. The fraction of sp³-hybridized carbons (Fsp3) is 1.00. The molecule has 0 aliphatic heterocycles. The van der Waals surface area contributed by atoms with Gasteiger partial charge < -0.3 is 10.4 Å². The van der Waals surface area contributed by atoms with Crippen molar-refractivity contribution in [1.29, 1.82) is 0 Å². The minimum Gasteiger partial charge on any atom is -0.392 e. The SMILES string of the molecule is CCCC(C)CC(O)CNC1CC1. The average molecular weight is 185 g/mol. The first kappa shape index (κ1) is 11.0. The summed E-state index contributed by atoms with van der Waals surface area (Å²) in [6, 6.07) is 0.719. The summed E-state index contributed by atoms with van der Waals surface area (Å²) in [6.45, 7) is 5.22. The van der Waals surface area contributed by atoms with Gasteiger partial charge in [0, 0.05) is 12.6 Å². The Labute approximate surface area is 81.7 Å². The summed E-state index contributed by atoms with van der Waals surface area (Å²) in [4.78, 5) is 0. The Morgan fingerprint density at radius 1 is 1.46 bits per heavy atom. The summed E-state index contributed by atoms with van der Waals surface area (Å²) in [5, 5.41) is 13.0. The molecule has 1 rings (SSSR count). The van der Waals surface area contributed by atoms with E-state index in [-0.39, 0.29) is 6.10 Å². The predicted molar refractivity (Wildman–Crippen MR) is 55.7 cm³/mol. The second kappa shape index (κ2) is 5.61. The molecule has 0 aromatic carbocycles. The molecule has 0 aromatic rings. The van der Waals surface area contributed by atoms with Crippen LogP contribution < -0.4 is 5.32 Å². The van der Waals surface area contributed by atoms with E-state index in [4.69, 9.17) is 0 Å². The van der Waals surface area contributed by atoms with Crippen molar-refractivity contribution >= 4 is 0 Å². The number of aliphatic hydroxyl groups excluding tert-OH is 1. The van der Waals surface area contributed by atoms with Crippen LogP contribution in [0.1, 0.15) is 46.0 Å². The molecule has 0 bridgehead atoms. The van der Waals surface area contributed by atoms with Gasteiger partial charge >= 0.3 is 0 Å². The second-order valence-corrected chi connectivity index (χ2v) is 4.47. The first-order valence-corrected chi connectivity index (χ1v) is 5.63. The van der Waals surface area contributed by atoms with Crippen molar-refractivity contribution in [3.05, 3.63) is 0 Å². The van der Waals surface area contributed by atoms with Crippen LogP contribution in [-0.4, -0.2) is 23.8 Å². The lowest BCUT2D eigenvalue weighted by Crippen LogP contribution is -2.29. The van der Waals surface area contributed by atoms with Crippen LogP contribution in [0.25, 0.3) is 0 Å². The van der Waals surface area contributed by atoms with Crippen LogP contribution in [0.15, 0.2) is 0 Å². The van der Waals surface area contributed by atoms with Crippen LogP contribution in [-0.2, 0) is 0 Å². The molecule has 1 aliphatic carbocycles. The molecule has 1 aliphatic rings. The molecule has 2 atom stereocenters. The van der Waals surface area contributed by atoms with Gasteiger partial charge in [0.2, 0.25) is 0 Å². The maximum atomic E-state index is 9.66. The zero-order chi connectivity index (χ0) is 9.68. The highest BCUT2D eigenvalue weighted by Crippen LogP contribution is 2.19. The molecule has 0 radical (unpaired) electrons. The topological polar surface area (TPSA) is 32.3 Å². The molecule has 13 heavy (non-hydrogen) atoms. The minimum absolute atomic E-state index is 0.137. The van der Waals surface area contributed by atoms with Gasteiger partial charge in [-0.25, -0.2) is 0 Å². The molecule has 78 valence electrons. The molecular weight excluding hydrogens is 162 g/mol. The van der Waals surface area contributed by atoms with Crippen LogP contribution in [0.3, 0.4) is 0 Å². The van der Waals surface area contributed by atoms with Gasteiger partial charge in [-0.05, 0) is 25.2 Å². The Morgan fingerprint density at radius 2 is 2.15 bits per heavy atom. The zero-order valence-electron chi connectivity index (χ0n) is 8.92. The van der Waals surface area contributed by atoms with Gasteiger partial charge in [0.25, 0.3) is 0 Å². The summed E-state index contributed by atoms with van der Waals surface area (Å²) in [7, 11) is 0. The first-order valence-electron chi connectivity index (χ1n) is 5.63. The number of aliphatic hydroxyl groups is 1. The second-order valence-electron chi connectivity index (χ2n) is 4.47. The summed E-state index contributed by atoms with van der Waals surface area (Å²) in [6.07, 6.45) is 5.88. The maximum Gasteiger partial charge on any atom is 0.0667 e. The molecule has 1 saturated carbocycles. The van der Waals surface area contributed by atoms with E-state index in [1.54, 1.807) is 0 Å². The highest BCUT2D eigenvalue weighted by atomic mass is 16.3. The van der Waals surface area contributed by atoms with Crippen molar-refractivity contribution in [2.75, 3.05) is 6.54 Å². The van der Waals surface area contributed by atoms with Crippen LogP contribution in [0.5, 0.6) is 0 Å². The number of rotatable bonds is 7. The third-order valence-corrected chi connectivity index (χ3v) is 2.68. The summed E-state index contributed by atoms with van der Waals surface area (Å²) < 4.78 is 0. The van der Waals surface area contributed by atoms with E-state index in [0.29, 0.717) is 5.92 Å². The number of hydrogen-bond donors (Lipinski definition) is 2. The fourth-order valence-corrected chi connectivity index (χ4v) is 1.75. The van der Waals surface area contributed by atoms with Gasteiger partial charge in [-0.15, -0.1) is 0 Å². The number of hydrogen-bond acceptors (Lipinski definition) is 2. The van der Waals surface area contributed by atoms with Crippen molar-refractivity contribution in [3.8, 4) is 0 Å². The lowest BCUT2D eigenvalue weighted by atomic mass is 9.99. The molecule has 0 heterocycles. The van der Waals surface area contributed by atoms with Gasteiger partial charge in [0.1, 0.15) is 0 Å². The largest absolute Gasteiger partial charge is 0.392 e. The highest BCUT2D eigenvalue weighted by molar-refractivity contribution is 4.81. The normalized spacial score (nSPS) is 21.5. The third-order valence-electron chi connectivity index (χ3n) is 2.68. The molecule has 0 amide bonds. The molecule has 1 fully saturated rings. The number of nitrogens with one attached hydrogen (secondary N) is 1. The van der Waals surface area contributed by atoms with Crippen LogP contribution >= 0.6 is 0 Å². The van der Waals surface area contributed by atoms with E-state index >= 15 is 0 Å². The molecule has 2 N–H and O–H groups in total. The Hall–Kier alpha value is -0.0800. The van der Waals surface area contributed by atoms with Crippen molar-refractivity contribution in [2.24, 2.45) is 5.92 Å². The Bertz CT molecular complexity index is 134. The molecule has 0 aromatic heterocycles. The van der Waals surface area contributed by atoms with Gasteiger partial charge in [-0.2, -0.15) is 0 Å². The van der Waals surface area contributed by atoms with Crippen molar-refractivity contribution in [3.63, 3.8) is 0 Å². The zero-order valence-corrected chi connectivity index (χ0v) is 8.92. The molecule has 0 saturated heterocycles. The smallest absolute Gasteiger partial charge is 0.0667 e. The quantitative estimate of drug-likeness (QED) is 0.635. The van der Waals surface area contributed by atoms with E-state index in [2.05, 4.69) is 19.2 Å². The van der Waals surface area contributed by atoms with E-state index < -0.39 is 0 Å².